The quantitative estimate of drug-likeness (QED) is 0.556. The first-order valence-corrected chi connectivity index (χ1v) is 8.46. The van der Waals surface area contributed by atoms with Crippen LogP contribution in [0.2, 0.25) is 0 Å². The van der Waals surface area contributed by atoms with E-state index in [2.05, 4.69) is 0 Å². The lowest BCUT2D eigenvalue weighted by Gasteiger charge is -2.11. The monoisotopic (exact) mass is 385 g/mol. The summed E-state index contributed by atoms with van der Waals surface area (Å²) in [7, 11) is 6.17. The Hall–Kier alpha value is -3.48. The average molecular weight is 385 g/mol. The summed E-state index contributed by atoms with van der Waals surface area (Å²) < 4.78 is 15.6. The van der Waals surface area contributed by atoms with Crippen LogP contribution in [-0.4, -0.2) is 56.6 Å². The number of hydrogen-bond acceptors (Lipinski definition) is 6. The summed E-state index contributed by atoms with van der Waals surface area (Å²) in [4.78, 5) is 25.3. The summed E-state index contributed by atoms with van der Waals surface area (Å²) in [5.41, 5.74) is 1.11. The van der Waals surface area contributed by atoms with E-state index in [4.69, 9.17) is 14.2 Å². The van der Waals surface area contributed by atoms with E-state index in [-0.39, 0.29) is 35.5 Å². The molecule has 0 aliphatic rings. The normalized spacial score (nSPS) is 10.6. The number of methoxy groups -OCH3 is 2. The number of nitrogens with zero attached hydrogens (tertiary/aromatic N) is 1. The van der Waals surface area contributed by atoms with Gasteiger partial charge in [0.25, 0.3) is 5.91 Å². The second-order valence-electron chi connectivity index (χ2n) is 6.07. The molecule has 0 saturated heterocycles. The number of rotatable bonds is 8. The van der Waals surface area contributed by atoms with Crippen LogP contribution in [0.25, 0.3) is 6.08 Å². The molecule has 0 aliphatic heterocycles. The molecule has 2 aromatic rings. The van der Waals surface area contributed by atoms with Gasteiger partial charge in [-0.2, -0.15) is 0 Å². The van der Waals surface area contributed by atoms with Gasteiger partial charge >= 0.3 is 0 Å². The molecule has 1 amide bonds. The molecule has 0 bridgehead atoms. The number of allylic oxidation sites excluding steroid dienone is 1. The van der Waals surface area contributed by atoms with Gasteiger partial charge in [-0.25, -0.2) is 0 Å². The number of phenolic OH excluding ortho intramolecular Hbond substituents is 1. The van der Waals surface area contributed by atoms with Crippen LogP contribution in [-0.2, 0) is 4.79 Å². The fourth-order valence-electron chi connectivity index (χ4n) is 2.27. The van der Waals surface area contributed by atoms with Crippen molar-refractivity contribution >= 4 is 17.8 Å². The van der Waals surface area contributed by atoms with Gasteiger partial charge in [-0.15, -0.1) is 0 Å². The van der Waals surface area contributed by atoms with E-state index in [1.165, 1.54) is 25.2 Å². The number of likely N-dealkylation sites (N-methyl/N-ethyl adjacent to an activating group) is 1. The van der Waals surface area contributed by atoms with Gasteiger partial charge in [0.05, 0.1) is 14.2 Å². The Morgan fingerprint density at radius 3 is 2.11 bits per heavy atom. The summed E-state index contributed by atoms with van der Waals surface area (Å²) in [6.45, 7) is -0.0648. The van der Waals surface area contributed by atoms with Gasteiger partial charge in [0, 0.05) is 19.7 Å². The first kappa shape index (κ1) is 20.8. The van der Waals surface area contributed by atoms with Crippen LogP contribution < -0.4 is 14.2 Å². The van der Waals surface area contributed by atoms with Gasteiger partial charge in [0.1, 0.15) is 5.75 Å². The first-order chi connectivity index (χ1) is 13.3. The van der Waals surface area contributed by atoms with Crippen molar-refractivity contribution in [3.63, 3.8) is 0 Å². The molecule has 0 aromatic heterocycles. The number of carbonyl (C=O) groups is 2. The highest BCUT2D eigenvalue weighted by atomic mass is 16.5. The largest absolute Gasteiger partial charge is 0.502 e. The number of ether oxygens (including phenoxy) is 3. The topological polar surface area (TPSA) is 85.3 Å². The lowest BCUT2D eigenvalue weighted by Crippen LogP contribution is -2.27. The summed E-state index contributed by atoms with van der Waals surface area (Å²) in [6.07, 6.45) is 3.02. The molecule has 0 saturated carbocycles. The Labute approximate surface area is 163 Å². The van der Waals surface area contributed by atoms with Gasteiger partial charge in [-0.3, -0.25) is 9.59 Å². The van der Waals surface area contributed by atoms with Gasteiger partial charge in [0.15, 0.2) is 23.9 Å². The van der Waals surface area contributed by atoms with Crippen LogP contribution in [0.4, 0.5) is 0 Å². The van der Waals surface area contributed by atoms with Crippen molar-refractivity contribution in [3.8, 4) is 23.0 Å². The lowest BCUT2D eigenvalue weighted by atomic mass is 10.1. The van der Waals surface area contributed by atoms with E-state index in [1.807, 2.05) is 0 Å². The highest BCUT2D eigenvalue weighted by Crippen LogP contribution is 2.37. The molecule has 148 valence electrons. The van der Waals surface area contributed by atoms with Crippen molar-refractivity contribution in [1.29, 1.82) is 0 Å². The Bertz CT molecular complexity index is 846. The maximum Gasteiger partial charge on any atom is 0.259 e. The molecular weight excluding hydrogens is 362 g/mol. The number of hydrogen-bond donors (Lipinski definition) is 1. The zero-order valence-corrected chi connectivity index (χ0v) is 16.3. The number of benzene rings is 2. The predicted octanol–water partition coefficient (Wildman–Crippen LogP) is 2.77. The van der Waals surface area contributed by atoms with Crippen LogP contribution in [0.15, 0.2) is 42.5 Å². The molecule has 1 N–H and O–H groups in total. The Balaban J connectivity index is 2.07. The fourth-order valence-corrected chi connectivity index (χ4v) is 2.27. The fraction of sp³-hybridized carbons (Fsp3) is 0.238. The van der Waals surface area contributed by atoms with Crippen LogP contribution in [0.5, 0.6) is 23.0 Å². The predicted molar refractivity (Wildman–Crippen MR) is 105 cm³/mol. The lowest BCUT2D eigenvalue weighted by molar-refractivity contribution is -0.130. The minimum absolute atomic E-state index is 0.0648. The van der Waals surface area contributed by atoms with E-state index in [1.54, 1.807) is 56.6 Å². The van der Waals surface area contributed by atoms with Crippen LogP contribution in [0.1, 0.15) is 15.9 Å². The molecule has 2 aromatic carbocycles. The molecule has 0 spiro atoms. The minimum atomic E-state index is -0.207. The third-order valence-corrected chi connectivity index (χ3v) is 3.93. The molecule has 0 atom stereocenters. The van der Waals surface area contributed by atoms with Gasteiger partial charge < -0.3 is 24.2 Å². The summed E-state index contributed by atoms with van der Waals surface area (Å²) in [5.74, 6) is 0.547. The van der Waals surface area contributed by atoms with Gasteiger partial charge in [-0.1, -0.05) is 6.08 Å². The van der Waals surface area contributed by atoms with Crippen molar-refractivity contribution in [2.75, 3.05) is 34.9 Å². The molecule has 0 fully saturated rings. The smallest absolute Gasteiger partial charge is 0.259 e. The number of amides is 1. The zero-order valence-electron chi connectivity index (χ0n) is 16.3. The van der Waals surface area contributed by atoms with E-state index in [0.717, 1.165) is 0 Å². The molecule has 0 heterocycles. The SMILES string of the molecule is COc1cc(/C=C/C(=O)c2ccc(OCC(=O)N(C)C)cc2)cc(OC)c1O. The molecule has 0 radical (unpaired) electrons. The Morgan fingerprint density at radius 1 is 1.04 bits per heavy atom. The van der Waals surface area contributed by atoms with Crippen LogP contribution in [0.3, 0.4) is 0 Å². The third kappa shape index (κ3) is 5.26. The van der Waals surface area contributed by atoms with Gasteiger partial charge in [0.2, 0.25) is 5.75 Å². The molecule has 0 aliphatic carbocycles. The van der Waals surface area contributed by atoms with Gasteiger partial charge in [-0.05, 0) is 48.0 Å². The zero-order chi connectivity index (χ0) is 20.7. The first-order valence-electron chi connectivity index (χ1n) is 8.46. The van der Waals surface area contributed by atoms with Crippen molar-refractivity contribution in [2.45, 2.75) is 0 Å². The highest BCUT2D eigenvalue weighted by molar-refractivity contribution is 6.06. The molecule has 0 unspecified atom stereocenters. The second kappa shape index (κ2) is 9.45. The van der Waals surface area contributed by atoms with Crippen molar-refractivity contribution < 1.29 is 28.9 Å². The number of carbonyl (C=O) groups excluding carboxylic acids is 2. The maximum atomic E-state index is 12.4. The number of phenols is 1. The highest BCUT2D eigenvalue weighted by Gasteiger charge is 2.10. The molecule has 7 heteroatoms. The Morgan fingerprint density at radius 2 is 1.61 bits per heavy atom. The van der Waals surface area contributed by atoms with E-state index < -0.39 is 0 Å². The minimum Gasteiger partial charge on any atom is -0.502 e. The summed E-state index contributed by atoms with van der Waals surface area (Å²) in [5, 5.41) is 9.93. The van der Waals surface area contributed by atoms with Crippen LogP contribution >= 0.6 is 0 Å². The maximum absolute atomic E-state index is 12.4. The van der Waals surface area contributed by atoms with Crippen molar-refractivity contribution in [1.82, 2.24) is 4.90 Å². The van der Waals surface area contributed by atoms with Crippen LogP contribution in [0, 0.1) is 0 Å². The number of ketones is 1. The standard InChI is InChI=1S/C21H23NO6/c1-22(2)20(24)13-28-16-8-6-15(7-9-16)17(23)10-5-14-11-18(26-3)21(25)19(12-14)27-4/h5-12,25H,13H2,1-4H3/b10-5+. The molecular formula is C21H23NO6. The van der Waals surface area contributed by atoms with E-state index in [9.17, 15) is 14.7 Å². The summed E-state index contributed by atoms with van der Waals surface area (Å²) >= 11 is 0. The second-order valence-corrected chi connectivity index (χ2v) is 6.07. The Kier molecular flexibility index (Phi) is 7.03. The van der Waals surface area contributed by atoms with Crippen molar-refractivity contribution in [3.05, 3.63) is 53.6 Å². The molecule has 2 rings (SSSR count). The average Bonchev–Trinajstić information content (AvgIpc) is 2.71. The summed E-state index contributed by atoms with van der Waals surface area (Å²) in [6, 6.07) is 9.72. The number of aromatic hydroxyl groups is 1. The van der Waals surface area contributed by atoms with E-state index in [0.29, 0.717) is 16.9 Å². The van der Waals surface area contributed by atoms with E-state index >= 15 is 0 Å². The molecule has 28 heavy (non-hydrogen) atoms. The van der Waals surface area contributed by atoms with Crippen molar-refractivity contribution in [2.24, 2.45) is 0 Å². The third-order valence-electron chi connectivity index (χ3n) is 3.93. The molecule has 7 nitrogen and oxygen atoms in total.